The molecule has 0 aliphatic rings. The second-order valence-electron chi connectivity index (χ2n) is 4.02. The van der Waals surface area contributed by atoms with Gasteiger partial charge < -0.3 is 15.8 Å². The second-order valence-corrected chi connectivity index (χ2v) is 6.23. The van der Waals surface area contributed by atoms with Crippen molar-refractivity contribution in [2.75, 3.05) is 12.4 Å². The number of benzene rings is 2. The van der Waals surface area contributed by atoms with E-state index in [-0.39, 0.29) is 0 Å². The van der Waals surface area contributed by atoms with Crippen LogP contribution in [0.3, 0.4) is 0 Å². The highest BCUT2D eigenvalue weighted by atomic mass is 79.9. The van der Waals surface area contributed by atoms with Gasteiger partial charge in [0.05, 0.1) is 18.5 Å². The van der Waals surface area contributed by atoms with Crippen molar-refractivity contribution in [2.24, 2.45) is 5.73 Å². The van der Waals surface area contributed by atoms with Crippen LogP contribution < -0.4 is 15.8 Å². The zero-order valence-electron chi connectivity index (χ0n) is 10.6. The monoisotopic (exact) mass is 414 g/mol. The Morgan fingerprint density at radius 2 is 1.90 bits per heavy atom. The number of halogens is 2. The van der Waals surface area contributed by atoms with Gasteiger partial charge in [-0.3, -0.25) is 0 Å². The standard InChI is InChI=1S/C14H12Br2N2OS/c1-19-9-3-4-10(14(17)20)13(7-9)18-12-5-2-8(15)6-11(12)16/h2-7,18H,1H3,(H2,17,20). The zero-order valence-corrected chi connectivity index (χ0v) is 14.6. The lowest BCUT2D eigenvalue weighted by Crippen LogP contribution is -2.12. The molecule has 2 aromatic carbocycles. The predicted molar refractivity (Wildman–Crippen MR) is 94.0 cm³/mol. The molecule has 0 heterocycles. The van der Waals surface area contributed by atoms with Crippen LogP contribution in [-0.2, 0) is 0 Å². The summed E-state index contributed by atoms with van der Waals surface area (Å²) in [5.74, 6) is 0.737. The van der Waals surface area contributed by atoms with E-state index in [0.29, 0.717) is 4.99 Å². The predicted octanol–water partition coefficient (Wildman–Crippen LogP) is 4.60. The van der Waals surface area contributed by atoms with Crippen LogP contribution in [0.25, 0.3) is 0 Å². The number of rotatable bonds is 4. The van der Waals surface area contributed by atoms with Crippen molar-refractivity contribution in [2.45, 2.75) is 0 Å². The van der Waals surface area contributed by atoms with E-state index in [9.17, 15) is 0 Å². The molecule has 0 radical (unpaired) electrons. The maximum Gasteiger partial charge on any atom is 0.120 e. The molecule has 0 fully saturated rings. The minimum Gasteiger partial charge on any atom is -0.497 e. The molecular weight excluding hydrogens is 404 g/mol. The van der Waals surface area contributed by atoms with Crippen molar-refractivity contribution in [3.8, 4) is 5.75 Å². The number of thiocarbonyl (C=S) groups is 1. The molecule has 0 saturated heterocycles. The maximum atomic E-state index is 5.75. The first-order chi connectivity index (χ1) is 9.51. The summed E-state index contributed by atoms with van der Waals surface area (Å²) in [6, 6.07) is 11.4. The summed E-state index contributed by atoms with van der Waals surface area (Å²) < 4.78 is 7.16. The molecule has 6 heteroatoms. The first-order valence-electron chi connectivity index (χ1n) is 5.71. The van der Waals surface area contributed by atoms with Gasteiger partial charge in [-0.1, -0.05) is 28.1 Å². The van der Waals surface area contributed by atoms with Gasteiger partial charge in [0, 0.05) is 20.6 Å². The van der Waals surface area contributed by atoms with Crippen molar-refractivity contribution in [3.63, 3.8) is 0 Å². The SMILES string of the molecule is COc1ccc(C(N)=S)c(Nc2ccc(Br)cc2Br)c1. The van der Waals surface area contributed by atoms with Gasteiger partial charge in [0.1, 0.15) is 10.7 Å². The lowest BCUT2D eigenvalue weighted by atomic mass is 10.1. The Kier molecular flexibility index (Phi) is 5.01. The van der Waals surface area contributed by atoms with E-state index in [2.05, 4.69) is 37.2 Å². The maximum absolute atomic E-state index is 5.75. The van der Waals surface area contributed by atoms with E-state index >= 15 is 0 Å². The van der Waals surface area contributed by atoms with Gasteiger partial charge in [0.25, 0.3) is 0 Å². The van der Waals surface area contributed by atoms with Gasteiger partial charge >= 0.3 is 0 Å². The summed E-state index contributed by atoms with van der Waals surface area (Å²) in [7, 11) is 1.62. The van der Waals surface area contributed by atoms with Crippen LogP contribution in [-0.4, -0.2) is 12.1 Å². The van der Waals surface area contributed by atoms with Crippen LogP contribution in [0.5, 0.6) is 5.75 Å². The molecule has 0 unspecified atom stereocenters. The molecule has 0 bridgehead atoms. The first-order valence-corrected chi connectivity index (χ1v) is 7.70. The van der Waals surface area contributed by atoms with Crippen molar-refractivity contribution in [3.05, 3.63) is 50.9 Å². The van der Waals surface area contributed by atoms with Crippen LogP contribution in [0, 0.1) is 0 Å². The molecular formula is C14H12Br2N2OS. The Bertz CT molecular complexity index is 662. The van der Waals surface area contributed by atoms with E-state index in [1.165, 1.54) is 0 Å². The Balaban J connectivity index is 2.43. The molecule has 3 N–H and O–H groups in total. The summed E-state index contributed by atoms with van der Waals surface area (Å²) >= 11 is 12.0. The lowest BCUT2D eigenvalue weighted by Gasteiger charge is -2.14. The van der Waals surface area contributed by atoms with Crippen molar-refractivity contribution >= 4 is 60.4 Å². The molecule has 0 spiro atoms. The topological polar surface area (TPSA) is 47.3 Å². The van der Waals surface area contributed by atoms with Gasteiger partial charge in [-0.05, 0) is 46.3 Å². The van der Waals surface area contributed by atoms with Gasteiger partial charge in [0.15, 0.2) is 0 Å². The normalized spacial score (nSPS) is 10.2. The van der Waals surface area contributed by atoms with Crippen molar-refractivity contribution in [1.29, 1.82) is 0 Å². The number of hydrogen-bond acceptors (Lipinski definition) is 3. The van der Waals surface area contributed by atoms with E-state index in [1.807, 2.05) is 36.4 Å². The van der Waals surface area contributed by atoms with Crippen LogP contribution in [0.4, 0.5) is 11.4 Å². The highest BCUT2D eigenvalue weighted by molar-refractivity contribution is 9.11. The summed E-state index contributed by atoms with van der Waals surface area (Å²) in [5.41, 5.74) is 8.25. The molecule has 3 nitrogen and oxygen atoms in total. The lowest BCUT2D eigenvalue weighted by molar-refractivity contribution is 0.415. The van der Waals surface area contributed by atoms with Crippen molar-refractivity contribution < 1.29 is 4.74 Å². The van der Waals surface area contributed by atoms with E-state index in [4.69, 9.17) is 22.7 Å². The molecule has 104 valence electrons. The number of anilines is 2. The van der Waals surface area contributed by atoms with Crippen LogP contribution in [0.1, 0.15) is 5.56 Å². The highest BCUT2D eigenvalue weighted by Crippen LogP contribution is 2.31. The van der Waals surface area contributed by atoms with E-state index < -0.39 is 0 Å². The second kappa shape index (κ2) is 6.56. The number of ether oxygens (including phenoxy) is 1. The van der Waals surface area contributed by atoms with Crippen molar-refractivity contribution in [1.82, 2.24) is 0 Å². The third-order valence-corrected chi connectivity index (χ3v) is 4.06. The summed E-state index contributed by atoms with van der Waals surface area (Å²) in [6.07, 6.45) is 0. The highest BCUT2D eigenvalue weighted by Gasteiger charge is 2.09. The largest absolute Gasteiger partial charge is 0.497 e. The van der Waals surface area contributed by atoms with Gasteiger partial charge in [-0.15, -0.1) is 0 Å². The van der Waals surface area contributed by atoms with Crippen LogP contribution in [0.2, 0.25) is 0 Å². The fraction of sp³-hybridized carbons (Fsp3) is 0.0714. The average molecular weight is 416 g/mol. The van der Waals surface area contributed by atoms with Gasteiger partial charge in [-0.25, -0.2) is 0 Å². The molecule has 2 aromatic rings. The third-order valence-electron chi connectivity index (χ3n) is 2.69. The first kappa shape index (κ1) is 15.3. The third kappa shape index (κ3) is 3.50. The van der Waals surface area contributed by atoms with Crippen LogP contribution in [0.15, 0.2) is 45.3 Å². The Labute approximate surface area is 139 Å². The van der Waals surface area contributed by atoms with E-state index in [1.54, 1.807) is 7.11 Å². The Morgan fingerprint density at radius 3 is 2.50 bits per heavy atom. The quantitative estimate of drug-likeness (QED) is 0.716. The zero-order chi connectivity index (χ0) is 14.7. The minimum absolute atomic E-state index is 0.336. The number of hydrogen-bond donors (Lipinski definition) is 2. The van der Waals surface area contributed by atoms with Gasteiger partial charge in [0.2, 0.25) is 0 Å². The number of methoxy groups -OCH3 is 1. The van der Waals surface area contributed by atoms with Gasteiger partial charge in [-0.2, -0.15) is 0 Å². The molecule has 0 aliphatic carbocycles. The molecule has 0 aromatic heterocycles. The molecule has 2 rings (SSSR count). The molecule has 0 aliphatic heterocycles. The van der Waals surface area contributed by atoms with E-state index in [0.717, 1.165) is 31.6 Å². The summed E-state index contributed by atoms with van der Waals surface area (Å²) in [4.78, 5) is 0.336. The Morgan fingerprint density at radius 1 is 1.15 bits per heavy atom. The molecule has 0 amide bonds. The molecule has 0 atom stereocenters. The fourth-order valence-electron chi connectivity index (χ4n) is 1.70. The fourth-order valence-corrected chi connectivity index (χ4v) is 3.03. The number of nitrogens with two attached hydrogens (primary N) is 1. The minimum atomic E-state index is 0.336. The summed E-state index contributed by atoms with van der Waals surface area (Å²) in [5, 5.41) is 3.31. The molecule has 20 heavy (non-hydrogen) atoms. The average Bonchev–Trinajstić information content (AvgIpc) is 2.41. The Hall–Kier alpha value is -1.11. The number of nitrogens with one attached hydrogen (secondary N) is 1. The van der Waals surface area contributed by atoms with Crippen LogP contribution >= 0.6 is 44.1 Å². The smallest absolute Gasteiger partial charge is 0.120 e. The molecule has 0 saturated carbocycles. The summed E-state index contributed by atoms with van der Waals surface area (Å²) in [6.45, 7) is 0.